The van der Waals surface area contributed by atoms with Crippen LogP contribution in [-0.4, -0.2) is 33.2 Å². The van der Waals surface area contributed by atoms with Crippen LogP contribution in [0.1, 0.15) is 35.5 Å². The van der Waals surface area contributed by atoms with Gasteiger partial charge in [0.15, 0.2) is 11.5 Å². The molecule has 0 bridgehead atoms. The number of aromatic nitrogens is 2. The molecule has 1 saturated carbocycles. The summed E-state index contributed by atoms with van der Waals surface area (Å²) in [6.07, 6.45) is 2.53. The number of carbonyl (C=O) groups is 2. The molecule has 116 valence electrons. The van der Waals surface area contributed by atoms with Gasteiger partial charge in [0.05, 0.1) is 0 Å². The third kappa shape index (κ3) is 3.19. The first-order valence-electron chi connectivity index (χ1n) is 7.19. The number of carboxylic acid groups (broad SMARTS) is 1. The van der Waals surface area contributed by atoms with E-state index in [4.69, 9.17) is 4.42 Å². The number of amides is 1. The summed E-state index contributed by atoms with van der Waals surface area (Å²) in [5.41, 5.74) is 0.721. The molecule has 1 aliphatic carbocycles. The number of rotatable bonds is 6. The summed E-state index contributed by atoms with van der Waals surface area (Å²) >= 11 is 0. The molecule has 0 radical (unpaired) electrons. The zero-order chi connectivity index (χ0) is 15.7. The minimum atomic E-state index is -1.02. The van der Waals surface area contributed by atoms with Crippen molar-refractivity contribution in [2.45, 2.75) is 32.2 Å². The van der Waals surface area contributed by atoms with Gasteiger partial charge in [0.2, 0.25) is 0 Å². The molecule has 1 amide bonds. The summed E-state index contributed by atoms with van der Waals surface area (Å²) in [6.45, 7) is 1.82. The van der Waals surface area contributed by atoms with Gasteiger partial charge in [-0.15, -0.1) is 0 Å². The number of H-pyrrole nitrogens is 1. The molecule has 7 nitrogen and oxygen atoms in total. The fourth-order valence-corrected chi connectivity index (χ4v) is 2.28. The van der Waals surface area contributed by atoms with Crippen LogP contribution in [0.5, 0.6) is 0 Å². The maximum Gasteiger partial charge on any atom is 0.326 e. The van der Waals surface area contributed by atoms with Crippen LogP contribution in [0.25, 0.3) is 11.5 Å². The van der Waals surface area contributed by atoms with E-state index in [9.17, 15) is 14.7 Å². The van der Waals surface area contributed by atoms with Gasteiger partial charge in [0, 0.05) is 6.07 Å². The first-order chi connectivity index (χ1) is 10.5. The number of aliphatic carboxylic acids is 1. The van der Waals surface area contributed by atoms with E-state index in [2.05, 4.69) is 15.5 Å². The lowest BCUT2D eigenvalue weighted by atomic mass is 10.1. The van der Waals surface area contributed by atoms with Gasteiger partial charge in [-0.2, -0.15) is 5.10 Å². The standard InChI is InChI=1S/C15H17N3O4/c1-8-2-5-13(22-8)10-7-11(18-17-10)14(19)16-12(15(20)21)6-9-3-4-9/h2,5,7,9,12H,3-4,6H2,1H3,(H,16,19)(H,17,18)(H,20,21). The van der Waals surface area contributed by atoms with Crippen molar-refractivity contribution in [2.24, 2.45) is 5.92 Å². The molecule has 2 heterocycles. The summed E-state index contributed by atoms with van der Waals surface area (Å²) in [7, 11) is 0. The molecule has 0 spiro atoms. The number of carbonyl (C=O) groups excluding carboxylic acids is 1. The first-order valence-corrected chi connectivity index (χ1v) is 7.19. The number of nitrogens with zero attached hydrogens (tertiary/aromatic N) is 1. The Bertz CT molecular complexity index is 699. The highest BCUT2D eigenvalue weighted by Gasteiger charge is 2.30. The number of carboxylic acids is 1. The number of hydrogen-bond donors (Lipinski definition) is 3. The normalized spacial score (nSPS) is 15.5. The highest BCUT2D eigenvalue weighted by molar-refractivity contribution is 5.95. The molecule has 3 N–H and O–H groups in total. The first kappa shape index (κ1) is 14.4. The number of aromatic amines is 1. The van der Waals surface area contributed by atoms with Gasteiger partial charge in [0.1, 0.15) is 17.5 Å². The third-order valence-corrected chi connectivity index (χ3v) is 3.69. The Morgan fingerprint density at radius 3 is 2.86 bits per heavy atom. The zero-order valence-electron chi connectivity index (χ0n) is 12.1. The van der Waals surface area contributed by atoms with Crippen molar-refractivity contribution >= 4 is 11.9 Å². The molecular weight excluding hydrogens is 286 g/mol. The van der Waals surface area contributed by atoms with E-state index in [-0.39, 0.29) is 5.69 Å². The van der Waals surface area contributed by atoms with E-state index in [0.717, 1.165) is 18.6 Å². The third-order valence-electron chi connectivity index (χ3n) is 3.69. The maximum absolute atomic E-state index is 12.1. The molecule has 1 aliphatic rings. The van der Waals surface area contributed by atoms with Gasteiger partial charge >= 0.3 is 5.97 Å². The van der Waals surface area contributed by atoms with Crippen molar-refractivity contribution in [3.8, 4) is 11.5 Å². The Labute approximate surface area is 126 Å². The van der Waals surface area contributed by atoms with Crippen LogP contribution in [0.3, 0.4) is 0 Å². The van der Waals surface area contributed by atoms with E-state index in [0.29, 0.717) is 23.8 Å². The average molecular weight is 303 g/mol. The van der Waals surface area contributed by atoms with Crippen LogP contribution < -0.4 is 5.32 Å². The molecule has 0 aliphatic heterocycles. The van der Waals surface area contributed by atoms with Crippen LogP contribution in [-0.2, 0) is 4.79 Å². The highest BCUT2D eigenvalue weighted by Crippen LogP contribution is 2.33. The average Bonchev–Trinajstić information content (AvgIpc) is 2.98. The molecule has 1 fully saturated rings. The molecule has 0 aromatic carbocycles. The van der Waals surface area contributed by atoms with Crippen molar-refractivity contribution < 1.29 is 19.1 Å². The molecular formula is C15H17N3O4. The van der Waals surface area contributed by atoms with Gasteiger partial charge in [-0.1, -0.05) is 12.8 Å². The van der Waals surface area contributed by atoms with Crippen LogP contribution >= 0.6 is 0 Å². The van der Waals surface area contributed by atoms with Crippen LogP contribution in [0.15, 0.2) is 22.6 Å². The summed E-state index contributed by atoms with van der Waals surface area (Å²) in [6, 6.07) is 4.26. The molecule has 7 heteroatoms. The molecule has 22 heavy (non-hydrogen) atoms. The second kappa shape index (κ2) is 5.67. The van der Waals surface area contributed by atoms with Gasteiger partial charge in [0.25, 0.3) is 5.91 Å². The summed E-state index contributed by atoms with van der Waals surface area (Å²) in [5, 5.41) is 18.3. The van der Waals surface area contributed by atoms with Crippen LogP contribution in [0.4, 0.5) is 0 Å². The van der Waals surface area contributed by atoms with E-state index in [1.54, 1.807) is 12.1 Å². The lowest BCUT2D eigenvalue weighted by Gasteiger charge is -2.12. The van der Waals surface area contributed by atoms with Crippen LogP contribution in [0, 0.1) is 12.8 Å². The summed E-state index contributed by atoms with van der Waals surface area (Å²) in [5.74, 6) is 0.224. The molecule has 1 unspecified atom stereocenters. The quantitative estimate of drug-likeness (QED) is 0.756. The number of nitrogens with one attached hydrogen (secondary N) is 2. The van der Waals surface area contributed by atoms with Crippen molar-refractivity contribution in [2.75, 3.05) is 0 Å². The zero-order valence-corrected chi connectivity index (χ0v) is 12.1. The Morgan fingerprint density at radius 2 is 2.27 bits per heavy atom. The fourth-order valence-electron chi connectivity index (χ4n) is 2.28. The Morgan fingerprint density at radius 1 is 1.50 bits per heavy atom. The Balaban J connectivity index is 1.69. The van der Waals surface area contributed by atoms with E-state index in [1.165, 1.54) is 0 Å². The van der Waals surface area contributed by atoms with Crippen LogP contribution in [0.2, 0.25) is 0 Å². The van der Waals surface area contributed by atoms with Crippen molar-refractivity contribution in [3.63, 3.8) is 0 Å². The second-order valence-electron chi connectivity index (χ2n) is 5.62. The molecule has 0 saturated heterocycles. The second-order valence-corrected chi connectivity index (χ2v) is 5.62. The smallest absolute Gasteiger partial charge is 0.326 e. The maximum atomic E-state index is 12.1. The Hall–Kier alpha value is -2.57. The molecule has 3 rings (SSSR count). The minimum absolute atomic E-state index is 0.145. The van der Waals surface area contributed by atoms with E-state index >= 15 is 0 Å². The minimum Gasteiger partial charge on any atom is -0.480 e. The van der Waals surface area contributed by atoms with Crippen molar-refractivity contribution in [3.05, 3.63) is 29.7 Å². The molecule has 2 aromatic heterocycles. The van der Waals surface area contributed by atoms with Gasteiger partial charge in [-0.3, -0.25) is 9.89 Å². The van der Waals surface area contributed by atoms with Gasteiger partial charge in [-0.25, -0.2) is 4.79 Å². The topological polar surface area (TPSA) is 108 Å². The van der Waals surface area contributed by atoms with Gasteiger partial charge < -0.3 is 14.8 Å². The Kier molecular flexibility index (Phi) is 3.70. The lowest BCUT2D eigenvalue weighted by molar-refractivity contribution is -0.139. The predicted octanol–water partition coefficient (Wildman–Crippen LogP) is 1.96. The molecule has 2 aromatic rings. The molecule has 1 atom stereocenters. The van der Waals surface area contributed by atoms with E-state index in [1.807, 2.05) is 13.0 Å². The highest BCUT2D eigenvalue weighted by atomic mass is 16.4. The summed E-state index contributed by atoms with van der Waals surface area (Å²) < 4.78 is 5.45. The fraction of sp³-hybridized carbons (Fsp3) is 0.400. The van der Waals surface area contributed by atoms with E-state index < -0.39 is 17.9 Å². The van der Waals surface area contributed by atoms with Crippen molar-refractivity contribution in [1.29, 1.82) is 0 Å². The lowest BCUT2D eigenvalue weighted by Crippen LogP contribution is -2.41. The largest absolute Gasteiger partial charge is 0.480 e. The SMILES string of the molecule is Cc1ccc(-c2cc(C(=O)NC(CC3CC3)C(=O)O)n[nH]2)o1. The number of aryl methyl sites for hydroxylation is 1. The number of hydrogen-bond acceptors (Lipinski definition) is 4. The number of furan rings is 1. The monoisotopic (exact) mass is 303 g/mol. The van der Waals surface area contributed by atoms with Gasteiger partial charge in [-0.05, 0) is 31.4 Å². The van der Waals surface area contributed by atoms with Crippen molar-refractivity contribution in [1.82, 2.24) is 15.5 Å². The summed E-state index contributed by atoms with van der Waals surface area (Å²) in [4.78, 5) is 23.3. The predicted molar refractivity (Wildman–Crippen MR) is 77.3 cm³/mol.